The summed E-state index contributed by atoms with van der Waals surface area (Å²) >= 11 is 0. The standard InChI is InChI=1S/C12H17NO2/c1-15-11-5-3-2-4-10(11)12(13)7-6-9(14)8-12/h2-5,9,14H,6-8,13H2,1H3. The summed E-state index contributed by atoms with van der Waals surface area (Å²) in [4.78, 5) is 0. The van der Waals surface area contributed by atoms with Gasteiger partial charge in [-0.15, -0.1) is 0 Å². The number of para-hydroxylation sites is 1. The summed E-state index contributed by atoms with van der Waals surface area (Å²) in [5, 5.41) is 9.57. The Kier molecular flexibility index (Phi) is 2.67. The maximum absolute atomic E-state index is 9.57. The van der Waals surface area contributed by atoms with Gasteiger partial charge in [0.05, 0.1) is 13.2 Å². The van der Waals surface area contributed by atoms with Crippen molar-refractivity contribution in [1.82, 2.24) is 0 Å². The van der Waals surface area contributed by atoms with Crippen molar-refractivity contribution in [3.63, 3.8) is 0 Å². The van der Waals surface area contributed by atoms with Gasteiger partial charge in [0.25, 0.3) is 0 Å². The van der Waals surface area contributed by atoms with Crippen LogP contribution in [0.15, 0.2) is 24.3 Å². The maximum atomic E-state index is 9.57. The number of hydrogen-bond acceptors (Lipinski definition) is 3. The highest BCUT2D eigenvalue weighted by atomic mass is 16.5. The third kappa shape index (κ3) is 1.85. The van der Waals surface area contributed by atoms with Crippen molar-refractivity contribution in [1.29, 1.82) is 0 Å². The van der Waals surface area contributed by atoms with E-state index in [2.05, 4.69) is 0 Å². The van der Waals surface area contributed by atoms with Crippen LogP contribution in [0.2, 0.25) is 0 Å². The first-order valence-corrected chi connectivity index (χ1v) is 5.26. The second-order valence-corrected chi connectivity index (χ2v) is 4.25. The second kappa shape index (κ2) is 3.83. The summed E-state index contributed by atoms with van der Waals surface area (Å²) in [6, 6.07) is 7.78. The van der Waals surface area contributed by atoms with Gasteiger partial charge in [-0.25, -0.2) is 0 Å². The van der Waals surface area contributed by atoms with Crippen LogP contribution in [0.25, 0.3) is 0 Å². The highest BCUT2D eigenvalue weighted by Crippen LogP contribution is 2.40. The Bertz CT molecular complexity index is 353. The molecule has 1 saturated carbocycles. The molecule has 82 valence electrons. The molecule has 0 spiro atoms. The number of nitrogens with two attached hydrogens (primary N) is 1. The third-order valence-corrected chi connectivity index (χ3v) is 3.17. The normalized spacial score (nSPS) is 30.5. The third-order valence-electron chi connectivity index (χ3n) is 3.17. The lowest BCUT2D eigenvalue weighted by Gasteiger charge is -2.26. The number of methoxy groups -OCH3 is 1. The van der Waals surface area contributed by atoms with Crippen molar-refractivity contribution in [2.24, 2.45) is 5.73 Å². The predicted octanol–water partition coefficient (Wildman–Crippen LogP) is 1.39. The molecule has 0 saturated heterocycles. The van der Waals surface area contributed by atoms with E-state index < -0.39 is 5.54 Å². The first kappa shape index (κ1) is 10.5. The number of ether oxygens (including phenoxy) is 1. The van der Waals surface area contributed by atoms with Gasteiger partial charge in [-0.3, -0.25) is 0 Å². The molecule has 0 amide bonds. The maximum Gasteiger partial charge on any atom is 0.123 e. The molecule has 1 aromatic carbocycles. The number of benzene rings is 1. The summed E-state index contributed by atoms with van der Waals surface area (Å²) in [5.74, 6) is 0.814. The molecule has 2 rings (SSSR count). The van der Waals surface area contributed by atoms with E-state index in [1.807, 2.05) is 24.3 Å². The lowest BCUT2D eigenvalue weighted by molar-refractivity contribution is 0.173. The van der Waals surface area contributed by atoms with Crippen molar-refractivity contribution in [3.05, 3.63) is 29.8 Å². The number of aliphatic hydroxyl groups is 1. The molecular weight excluding hydrogens is 190 g/mol. The van der Waals surface area contributed by atoms with Crippen molar-refractivity contribution in [2.75, 3.05) is 7.11 Å². The largest absolute Gasteiger partial charge is 0.496 e. The lowest BCUT2D eigenvalue weighted by atomic mass is 9.88. The van der Waals surface area contributed by atoms with Crippen LogP contribution in [-0.2, 0) is 5.54 Å². The molecule has 3 nitrogen and oxygen atoms in total. The Hall–Kier alpha value is -1.06. The van der Waals surface area contributed by atoms with Crippen molar-refractivity contribution in [2.45, 2.75) is 30.9 Å². The molecule has 0 aliphatic heterocycles. The quantitative estimate of drug-likeness (QED) is 0.770. The fourth-order valence-corrected chi connectivity index (χ4v) is 2.35. The van der Waals surface area contributed by atoms with Gasteiger partial charge < -0.3 is 15.6 Å². The topological polar surface area (TPSA) is 55.5 Å². The molecule has 1 aromatic rings. The van der Waals surface area contributed by atoms with Crippen LogP contribution in [0.5, 0.6) is 5.75 Å². The molecule has 0 radical (unpaired) electrons. The van der Waals surface area contributed by atoms with Crippen molar-refractivity contribution >= 4 is 0 Å². The minimum Gasteiger partial charge on any atom is -0.496 e. The van der Waals surface area contributed by atoms with Gasteiger partial charge in [-0.1, -0.05) is 18.2 Å². The Morgan fingerprint density at radius 2 is 2.20 bits per heavy atom. The molecule has 3 heteroatoms. The fourth-order valence-electron chi connectivity index (χ4n) is 2.35. The highest BCUT2D eigenvalue weighted by molar-refractivity contribution is 5.39. The molecule has 0 bridgehead atoms. The minimum atomic E-state index is -0.425. The Balaban J connectivity index is 2.36. The molecular formula is C12H17NO2. The fraction of sp³-hybridized carbons (Fsp3) is 0.500. The van der Waals surface area contributed by atoms with E-state index in [0.717, 1.165) is 24.2 Å². The van der Waals surface area contributed by atoms with E-state index in [1.165, 1.54) is 0 Å². The van der Waals surface area contributed by atoms with Crippen LogP contribution < -0.4 is 10.5 Å². The molecule has 1 aliphatic rings. The highest BCUT2D eigenvalue weighted by Gasteiger charge is 2.38. The number of rotatable bonds is 2. The summed E-state index contributed by atoms with van der Waals surface area (Å²) in [7, 11) is 1.65. The molecule has 1 fully saturated rings. The zero-order valence-electron chi connectivity index (χ0n) is 8.94. The SMILES string of the molecule is COc1ccccc1C1(N)CCC(O)C1. The smallest absolute Gasteiger partial charge is 0.123 e. The predicted molar refractivity (Wildman–Crippen MR) is 58.7 cm³/mol. The van der Waals surface area contributed by atoms with Gasteiger partial charge in [0, 0.05) is 11.1 Å². The van der Waals surface area contributed by atoms with Gasteiger partial charge in [0.1, 0.15) is 5.75 Å². The molecule has 15 heavy (non-hydrogen) atoms. The zero-order chi connectivity index (χ0) is 10.9. The van der Waals surface area contributed by atoms with Crippen LogP contribution in [0.3, 0.4) is 0 Å². The van der Waals surface area contributed by atoms with E-state index in [-0.39, 0.29) is 6.10 Å². The van der Waals surface area contributed by atoms with Crippen LogP contribution >= 0.6 is 0 Å². The minimum absolute atomic E-state index is 0.278. The van der Waals surface area contributed by atoms with E-state index in [4.69, 9.17) is 10.5 Å². The van der Waals surface area contributed by atoms with Gasteiger partial charge in [0.15, 0.2) is 0 Å². The molecule has 0 heterocycles. The van der Waals surface area contributed by atoms with Gasteiger partial charge >= 0.3 is 0 Å². The molecule has 1 aliphatic carbocycles. The monoisotopic (exact) mass is 207 g/mol. The van der Waals surface area contributed by atoms with Crippen LogP contribution in [-0.4, -0.2) is 18.3 Å². The van der Waals surface area contributed by atoms with E-state index in [0.29, 0.717) is 6.42 Å². The Labute approximate surface area is 89.9 Å². The van der Waals surface area contributed by atoms with E-state index in [9.17, 15) is 5.11 Å². The van der Waals surface area contributed by atoms with Crippen molar-refractivity contribution in [3.8, 4) is 5.75 Å². The molecule has 3 N–H and O–H groups in total. The summed E-state index contributed by atoms with van der Waals surface area (Å²) in [5.41, 5.74) is 6.89. The summed E-state index contributed by atoms with van der Waals surface area (Å²) < 4.78 is 5.30. The van der Waals surface area contributed by atoms with Crippen LogP contribution in [0.4, 0.5) is 0 Å². The Morgan fingerprint density at radius 3 is 2.80 bits per heavy atom. The first-order valence-electron chi connectivity index (χ1n) is 5.26. The van der Waals surface area contributed by atoms with E-state index >= 15 is 0 Å². The number of hydrogen-bond donors (Lipinski definition) is 2. The van der Waals surface area contributed by atoms with E-state index in [1.54, 1.807) is 7.11 Å². The first-order chi connectivity index (χ1) is 7.15. The Morgan fingerprint density at radius 1 is 1.47 bits per heavy atom. The van der Waals surface area contributed by atoms with Gasteiger partial charge in [0.2, 0.25) is 0 Å². The van der Waals surface area contributed by atoms with Crippen LogP contribution in [0.1, 0.15) is 24.8 Å². The average Bonchev–Trinajstić information content (AvgIpc) is 2.60. The number of aliphatic hydroxyl groups excluding tert-OH is 1. The van der Waals surface area contributed by atoms with Crippen molar-refractivity contribution < 1.29 is 9.84 Å². The second-order valence-electron chi connectivity index (χ2n) is 4.25. The lowest BCUT2D eigenvalue weighted by Crippen LogP contribution is -2.34. The summed E-state index contributed by atoms with van der Waals surface area (Å²) in [6.45, 7) is 0. The van der Waals surface area contributed by atoms with Gasteiger partial charge in [-0.2, -0.15) is 0 Å². The van der Waals surface area contributed by atoms with Crippen LogP contribution in [0, 0.1) is 0 Å². The molecule has 2 unspecified atom stereocenters. The molecule has 0 aromatic heterocycles. The average molecular weight is 207 g/mol. The zero-order valence-corrected chi connectivity index (χ0v) is 8.94. The summed E-state index contributed by atoms with van der Waals surface area (Å²) in [6.07, 6.45) is 1.93. The van der Waals surface area contributed by atoms with Gasteiger partial charge in [-0.05, 0) is 25.3 Å². The molecule has 2 atom stereocenters.